The standard InChI is InChI=1S/C30H27FN4O6S/c1-40-24-17-13-23(14-18-24)33-30(37)21-41-25-15-11-22(12-16-25)19-32-34-29(36)20-35(28-10-6-5-9-27(28)31)42(38,39)26-7-3-2-4-8-26/h2-19H,20-21H2,1H3,(H,33,37)(H,34,36)/b32-19-. The Balaban J connectivity index is 1.33. The third-order valence-electron chi connectivity index (χ3n) is 5.77. The lowest BCUT2D eigenvalue weighted by molar-refractivity contribution is -0.119. The van der Waals surface area contributed by atoms with Crippen molar-refractivity contribution >= 4 is 39.4 Å². The molecule has 0 atom stereocenters. The van der Waals surface area contributed by atoms with Crippen LogP contribution in [0.3, 0.4) is 0 Å². The summed E-state index contributed by atoms with van der Waals surface area (Å²) in [7, 11) is -2.70. The van der Waals surface area contributed by atoms with Gasteiger partial charge in [-0.2, -0.15) is 5.10 Å². The number of carbonyl (C=O) groups excluding carboxylic acids is 2. The summed E-state index contributed by atoms with van der Waals surface area (Å²) < 4.78 is 52.4. The molecule has 2 amide bonds. The number of methoxy groups -OCH3 is 1. The van der Waals surface area contributed by atoms with E-state index in [0.717, 1.165) is 6.07 Å². The Morgan fingerprint density at radius 2 is 1.50 bits per heavy atom. The van der Waals surface area contributed by atoms with Crippen molar-refractivity contribution in [3.05, 3.63) is 115 Å². The Bertz CT molecular complexity index is 1650. The summed E-state index contributed by atoms with van der Waals surface area (Å²) in [6.45, 7) is -0.916. The van der Waals surface area contributed by atoms with Gasteiger partial charge in [0.1, 0.15) is 23.9 Å². The van der Waals surface area contributed by atoms with Gasteiger partial charge in [-0.25, -0.2) is 18.2 Å². The van der Waals surface area contributed by atoms with Crippen LogP contribution in [-0.2, 0) is 19.6 Å². The van der Waals surface area contributed by atoms with Crippen molar-refractivity contribution < 1.29 is 31.9 Å². The zero-order valence-electron chi connectivity index (χ0n) is 22.4. The van der Waals surface area contributed by atoms with Crippen molar-refractivity contribution in [2.24, 2.45) is 5.10 Å². The van der Waals surface area contributed by atoms with Gasteiger partial charge in [-0.1, -0.05) is 30.3 Å². The van der Waals surface area contributed by atoms with Crippen LogP contribution in [-0.4, -0.2) is 46.7 Å². The lowest BCUT2D eigenvalue weighted by Gasteiger charge is -2.24. The molecular formula is C30H27FN4O6S. The number of hydrazone groups is 1. The molecule has 0 saturated carbocycles. The van der Waals surface area contributed by atoms with E-state index in [1.165, 1.54) is 48.7 Å². The number of ether oxygens (including phenoxy) is 2. The molecule has 0 saturated heterocycles. The molecule has 0 spiro atoms. The van der Waals surface area contributed by atoms with Crippen molar-refractivity contribution in [2.75, 3.05) is 29.9 Å². The Morgan fingerprint density at radius 3 is 2.17 bits per heavy atom. The summed E-state index contributed by atoms with van der Waals surface area (Å²) in [5.74, 6) is -0.807. The zero-order valence-corrected chi connectivity index (χ0v) is 23.3. The predicted molar refractivity (Wildman–Crippen MR) is 157 cm³/mol. The molecule has 0 unspecified atom stereocenters. The molecule has 0 heterocycles. The minimum absolute atomic E-state index is 0.0925. The number of hydrogen-bond acceptors (Lipinski definition) is 7. The van der Waals surface area contributed by atoms with E-state index in [4.69, 9.17) is 9.47 Å². The second kappa shape index (κ2) is 13.9. The Hall–Kier alpha value is -5.23. The van der Waals surface area contributed by atoms with E-state index in [1.807, 2.05) is 0 Å². The molecule has 4 rings (SSSR count). The summed E-state index contributed by atoms with van der Waals surface area (Å²) in [5, 5.41) is 6.59. The van der Waals surface area contributed by atoms with E-state index < -0.39 is 28.3 Å². The highest BCUT2D eigenvalue weighted by Crippen LogP contribution is 2.26. The van der Waals surface area contributed by atoms with Crippen LogP contribution in [0.4, 0.5) is 15.8 Å². The number of benzene rings is 4. The number of sulfonamides is 1. The maximum atomic E-state index is 14.6. The van der Waals surface area contributed by atoms with E-state index in [0.29, 0.717) is 27.1 Å². The molecule has 4 aromatic carbocycles. The fourth-order valence-electron chi connectivity index (χ4n) is 3.69. The van der Waals surface area contributed by atoms with Gasteiger partial charge in [-0.05, 0) is 78.4 Å². The van der Waals surface area contributed by atoms with Gasteiger partial charge >= 0.3 is 0 Å². The molecular weight excluding hydrogens is 563 g/mol. The first-order valence-electron chi connectivity index (χ1n) is 12.6. The van der Waals surface area contributed by atoms with Gasteiger partial charge in [-0.15, -0.1) is 0 Å². The Labute approximate surface area is 242 Å². The maximum absolute atomic E-state index is 14.6. The van der Waals surface area contributed by atoms with Crippen LogP contribution in [0.2, 0.25) is 0 Å². The van der Waals surface area contributed by atoms with Gasteiger partial charge in [0.05, 0.1) is 23.9 Å². The van der Waals surface area contributed by atoms with Crippen molar-refractivity contribution in [1.29, 1.82) is 0 Å². The van der Waals surface area contributed by atoms with Gasteiger partial charge in [0, 0.05) is 5.69 Å². The quantitative estimate of drug-likeness (QED) is 0.188. The van der Waals surface area contributed by atoms with Crippen LogP contribution < -0.4 is 24.5 Å². The molecule has 0 aromatic heterocycles. The predicted octanol–water partition coefficient (Wildman–Crippen LogP) is 4.20. The van der Waals surface area contributed by atoms with Crippen LogP contribution in [0, 0.1) is 5.82 Å². The molecule has 0 radical (unpaired) electrons. The number of hydrogen-bond donors (Lipinski definition) is 2. The van der Waals surface area contributed by atoms with E-state index in [1.54, 1.807) is 61.7 Å². The molecule has 12 heteroatoms. The molecule has 2 N–H and O–H groups in total. The molecule has 0 bridgehead atoms. The summed E-state index contributed by atoms with van der Waals surface area (Å²) in [6.07, 6.45) is 1.34. The summed E-state index contributed by atoms with van der Waals surface area (Å²) in [6, 6.07) is 26.1. The summed E-state index contributed by atoms with van der Waals surface area (Å²) >= 11 is 0. The lowest BCUT2D eigenvalue weighted by atomic mass is 10.2. The van der Waals surface area contributed by atoms with E-state index in [2.05, 4.69) is 15.8 Å². The normalized spacial score (nSPS) is 11.1. The highest BCUT2D eigenvalue weighted by Gasteiger charge is 2.28. The molecule has 0 fully saturated rings. The number of para-hydroxylation sites is 1. The molecule has 4 aromatic rings. The second-order valence-corrected chi connectivity index (χ2v) is 10.6. The molecule has 0 aliphatic carbocycles. The average molecular weight is 591 g/mol. The fourth-order valence-corrected chi connectivity index (χ4v) is 5.14. The molecule has 42 heavy (non-hydrogen) atoms. The SMILES string of the molecule is COc1ccc(NC(=O)COc2ccc(/C=N\NC(=O)CN(c3ccccc3F)S(=O)(=O)c3ccccc3)cc2)cc1. The smallest absolute Gasteiger partial charge is 0.264 e. The van der Waals surface area contributed by atoms with Gasteiger partial charge in [0.15, 0.2) is 6.61 Å². The monoisotopic (exact) mass is 590 g/mol. The molecule has 0 aliphatic heterocycles. The minimum Gasteiger partial charge on any atom is -0.497 e. The molecule has 0 aliphatic rings. The van der Waals surface area contributed by atoms with Crippen LogP contribution in [0.1, 0.15) is 5.56 Å². The first-order chi connectivity index (χ1) is 20.3. The van der Waals surface area contributed by atoms with Crippen LogP contribution >= 0.6 is 0 Å². The average Bonchev–Trinajstić information content (AvgIpc) is 3.00. The van der Waals surface area contributed by atoms with Crippen molar-refractivity contribution in [1.82, 2.24) is 5.43 Å². The summed E-state index contributed by atoms with van der Waals surface area (Å²) in [4.78, 5) is 24.7. The summed E-state index contributed by atoms with van der Waals surface area (Å²) in [5.41, 5.74) is 3.19. The van der Waals surface area contributed by atoms with Gasteiger partial charge in [0.2, 0.25) is 0 Å². The minimum atomic E-state index is -4.25. The highest BCUT2D eigenvalue weighted by atomic mass is 32.2. The van der Waals surface area contributed by atoms with Gasteiger partial charge < -0.3 is 14.8 Å². The number of carbonyl (C=O) groups is 2. The number of amides is 2. The van der Waals surface area contributed by atoms with Crippen LogP contribution in [0.5, 0.6) is 11.5 Å². The zero-order chi connectivity index (χ0) is 30.0. The number of rotatable bonds is 12. The van der Waals surface area contributed by atoms with Crippen LogP contribution in [0.25, 0.3) is 0 Å². The Morgan fingerprint density at radius 1 is 0.857 bits per heavy atom. The van der Waals surface area contributed by atoms with Crippen molar-refractivity contribution in [3.63, 3.8) is 0 Å². The Kier molecular flexibility index (Phi) is 9.85. The topological polar surface area (TPSA) is 126 Å². The maximum Gasteiger partial charge on any atom is 0.264 e. The first kappa shape index (κ1) is 29.7. The fraction of sp³-hybridized carbons (Fsp3) is 0.100. The number of anilines is 2. The number of nitrogens with one attached hydrogen (secondary N) is 2. The van der Waals surface area contributed by atoms with E-state index in [-0.39, 0.29) is 23.1 Å². The number of halogens is 1. The molecule has 216 valence electrons. The first-order valence-corrected chi connectivity index (χ1v) is 14.0. The van der Waals surface area contributed by atoms with E-state index in [9.17, 15) is 22.4 Å². The van der Waals surface area contributed by atoms with Crippen LogP contribution in [0.15, 0.2) is 113 Å². The third kappa shape index (κ3) is 7.92. The molecule has 10 nitrogen and oxygen atoms in total. The van der Waals surface area contributed by atoms with Crippen molar-refractivity contribution in [2.45, 2.75) is 4.90 Å². The lowest BCUT2D eigenvalue weighted by Crippen LogP contribution is -2.40. The largest absolute Gasteiger partial charge is 0.497 e. The van der Waals surface area contributed by atoms with E-state index >= 15 is 0 Å². The third-order valence-corrected chi connectivity index (χ3v) is 7.54. The van der Waals surface area contributed by atoms with Gasteiger partial charge in [-0.3, -0.25) is 13.9 Å². The number of nitrogens with zero attached hydrogens (tertiary/aromatic N) is 2. The van der Waals surface area contributed by atoms with Crippen molar-refractivity contribution in [3.8, 4) is 11.5 Å². The second-order valence-electron chi connectivity index (χ2n) is 8.70. The van der Waals surface area contributed by atoms with Gasteiger partial charge in [0.25, 0.3) is 21.8 Å². The highest BCUT2D eigenvalue weighted by molar-refractivity contribution is 7.92.